The Morgan fingerprint density at radius 2 is 1.95 bits per heavy atom. The van der Waals surface area contributed by atoms with Crippen molar-refractivity contribution >= 4 is 23.7 Å². The fourth-order valence-corrected chi connectivity index (χ4v) is 2.11. The van der Waals surface area contributed by atoms with Crippen molar-refractivity contribution in [1.82, 2.24) is 24.9 Å². The minimum Gasteiger partial charge on any atom is -0.354 e. The molecule has 0 fully saturated rings. The molecule has 0 spiro atoms. The van der Waals surface area contributed by atoms with Gasteiger partial charge in [0.05, 0.1) is 0 Å². The minimum absolute atomic E-state index is 0.557. The van der Waals surface area contributed by atoms with Crippen LogP contribution in [0, 0.1) is 6.92 Å². The number of hydrogen-bond donors (Lipinski definition) is 1. The lowest BCUT2D eigenvalue weighted by Crippen LogP contribution is -2.15. The van der Waals surface area contributed by atoms with Gasteiger partial charge in [-0.25, -0.2) is 9.97 Å². The van der Waals surface area contributed by atoms with Crippen molar-refractivity contribution in [1.29, 1.82) is 0 Å². The monoisotopic (exact) mass is 291 g/mol. The summed E-state index contributed by atoms with van der Waals surface area (Å²) < 4.78 is 0. The van der Waals surface area contributed by atoms with Crippen molar-refractivity contribution in [3.8, 4) is 0 Å². The summed E-state index contributed by atoms with van der Waals surface area (Å²) in [5, 5.41) is 4.30. The van der Waals surface area contributed by atoms with Crippen LogP contribution in [0.1, 0.15) is 12.6 Å². The van der Waals surface area contributed by atoms with Crippen LogP contribution in [0.4, 0.5) is 11.9 Å². The average Bonchev–Trinajstić information content (AvgIpc) is 2.38. The molecule has 0 amide bonds. The van der Waals surface area contributed by atoms with Crippen LogP contribution >= 0.6 is 11.8 Å². The molecule has 2 heterocycles. The Morgan fingerprint density at radius 3 is 2.60 bits per heavy atom. The van der Waals surface area contributed by atoms with Crippen molar-refractivity contribution < 1.29 is 0 Å². The fraction of sp³-hybridized carbons (Fsp3) is 0.417. The van der Waals surface area contributed by atoms with E-state index in [-0.39, 0.29) is 0 Å². The predicted molar refractivity (Wildman–Crippen MR) is 79.2 cm³/mol. The van der Waals surface area contributed by atoms with Gasteiger partial charge in [-0.05, 0) is 31.7 Å². The molecule has 2 aromatic rings. The van der Waals surface area contributed by atoms with Crippen molar-refractivity contribution in [2.75, 3.05) is 30.9 Å². The molecule has 20 heavy (non-hydrogen) atoms. The highest BCUT2D eigenvalue weighted by Crippen LogP contribution is 2.23. The Labute approximate surface area is 122 Å². The maximum atomic E-state index is 4.39. The lowest BCUT2D eigenvalue weighted by molar-refractivity contribution is 0.854. The smallest absolute Gasteiger partial charge is 0.230 e. The zero-order valence-corrected chi connectivity index (χ0v) is 12.8. The fourth-order valence-electron chi connectivity index (χ4n) is 1.39. The maximum absolute atomic E-state index is 4.39. The molecule has 0 bridgehead atoms. The number of rotatable bonds is 5. The van der Waals surface area contributed by atoms with Gasteiger partial charge in [-0.3, -0.25) is 0 Å². The molecule has 2 rings (SSSR count). The molecule has 0 radical (unpaired) electrons. The molecule has 0 aliphatic carbocycles. The van der Waals surface area contributed by atoms with Gasteiger partial charge in [-0.15, -0.1) is 0 Å². The molecule has 7 nitrogen and oxygen atoms in total. The number of aryl methyl sites for hydroxylation is 1. The summed E-state index contributed by atoms with van der Waals surface area (Å²) in [6.07, 6.45) is 1.73. The van der Waals surface area contributed by atoms with Crippen LogP contribution in [0.5, 0.6) is 0 Å². The molecular formula is C12H17N7S. The molecule has 0 saturated carbocycles. The minimum atomic E-state index is 0.557. The summed E-state index contributed by atoms with van der Waals surface area (Å²) >= 11 is 1.32. The van der Waals surface area contributed by atoms with Crippen molar-refractivity contribution in [2.45, 2.75) is 24.2 Å². The highest BCUT2D eigenvalue weighted by atomic mass is 32.2. The summed E-state index contributed by atoms with van der Waals surface area (Å²) in [5.41, 5.74) is 0.913. The molecule has 0 saturated heterocycles. The molecule has 106 valence electrons. The summed E-state index contributed by atoms with van der Waals surface area (Å²) in [5.74, 6) is 1.16. The number of nitrogens with zero attached hydrogens (tertiary/aromatic N) is 6. The van der Waals surface area contributed by atoms with Crippen LogP contribution in [-0.2, 0) is 0 Å². The number of nitrogens with one attached hydrogen (secondary N) is 1. The quantitative estimate of drug-likeness (QED) is 0.832. The summed E-state index contributed by atoms with van der Waals surface area (Å²) in [6, 6.07) is 1.85. The SMILES string of the molecule is CCNc1nc(Sc2nccc(C)n2)nc(N(C)C)n1. The zero-order chi connectivity index (χ0) is 14.5. The van der Waals surface area contributed by atoms with Crippen LogP contribution in [0.3, 0.4) is 0 Å². The second-order valence-electron chi connectivity index (χ2n) is 4.25. The van der Waals surface area contributed by atoms with E-state index >= 15 is 0 Å². The highest BCUT2D eigenvalue weighted by molar-refractivity contribution is 7.99. The highest BCUT2D eigenvalue weighted by Gasteiger charge is 2.10. The van der Waals surface area contributed by atoms with Crippen LogP contribution in [0.2, 0.25) is 0 Å². The van der Waals surface area contributed by atoms with Gasteiger partial charge >= 0.3 is 0 Å². The van der Waals surface area contributed by atoms with E-state index in [1.165, 1.54) is 11.8 Å². The van der Waals surface area contributed by atoms with Gasteiger partial charge < -0.3 is 10.2 Å². The summed E-state index contributed by atoms with van der Waals surface area (Å²) in [6.45, 7) is 4.67. The molecule has 0 unspecified atom stereocenters. The van der Waals surface area contributed by atoms with Gasteiger partial charge in [0.15, 0.2) is 5.16 Å². The Morgan fingerprint density at radius 1 is 1.15 bits per heavy atom. The number of aromatic nitrogens is 5. The maximum Gasteiger partial charge on any atom is 0.230 e. The van der Waals surface area contributed by atoms with E-state index in [1.54, 1.807) is 6.20 Å². The van der Waals surface area contributed by atoms with E-state index in [0.717, 1.165) is 12.2 Å². The van der Waals surface area contributed by atoms with Crippen LogP contribution in [-0.4, -0.2) is 45.6 Å². The normalized spacial score (nSPS) is 10.4. The molecule has 1 N–H and O–H groups in total. The van der Waals surface area contributed by atoms with E-state index in [1.807, 2.05) is 38.9 Å². The predicted octanol–water partition coefficient (Wildman–Crippen LogP) is 1.62. The molecule has 0 atom stereocenters. The molecule has 2 aromatic heterocycles. The Kier molecular flexibility index (Phi) is 4.67. The van der Waals surface area contributed by atoms with Crippen LogP contribution in [0.25, 0.3) is 0 Å². The third kappa shape index (κ3) is 3.77. The first-order valence-electron chi connectivity index (χ1n) is 6.23. The van der Waals surface area contributed by atoms with Gasteiger partial charge in [-0.2, -0.15) is 15.0 Å². The van der Waals surface area contributed by atoms with Gasteiger partial charge in [0.1, 0.15) is 0 Å². The topological polar surface area (TPSA) is 79.7 Å². The van der Waals surface area contributed by atoms with E-state index in [4.69, 9.17) is 0 Å². The van der Waals surface area contributed by atoms with Crippen LogP contribution in [0.15, 0.2) is 22.6 Å². The second-order valence-corrected chi connectivity index (χ2v) is 5.18. The first-order valence-corrected chi connectivity index (χ1v) is 7.05. The molecule has 0 aromatic carbocycles. The van der Waals surface area contributed by atoms with E-state index < -0.39 is 0 Å². The summed E-state index contributed by atoms with van der Waals surface area (Å²) in [4.78, 5) is 23.4. The number of anilines is 2. The summed E-state index contributed by atoms with van der Waals surface area (Å²) in [7, 11) is 3.78. The van der Waals surface area contributed by atoms with Crippen molar-refractivity contribution in [3.63, 3.8) is 0 Å². The molecule has 0 aliphatic rings. The lowest BCUT2D eigenvalue weighted by Gasteiger charge is -2.12. The van der Waals surface area contributed by atoms with Gasteiger partial charge in [0, 0.05) is 32.5 Å². The van der Waals surface area contributed by atoms with Gasteiger partial charge in [-0.1, -0.05) is 0 Å². The van der Waals surface area contributed by atoms with E-state index in [9.17, 15) is 0 Å². The third-order valence-corrected chi connectivity index (χ3v) is 3.04. The van der Waals surface area contributed by atoms with Gasteiger partial charge in [0.25, 0.3) is 0 Å². The van der Waals surface area contributed by atoms with Crippen LogP contribution < -0.4 is 10.2 Å². The largest absolute Gasteiger partial charge is 0.354 e. The lowest BCUT2D eigenvalue weighted by atomic mass is 10.5. The molecular weight excluding hydrogens is 274 g/mol. The molecule has 0 aliphatic heterocycles. The first kappa shape index (κ1) is 14.4. The standard InChI is InChI=1S/C12H17N7S/c1-5-13-9-16-10(19(3)4)18-12(17-9)20-11-14-7-6-8(2)15-11/h6-7H,5H2,1-4H3,(H,13,16,17,18). The Bertz CT molecular complexity index is 588. The first-order chi connectivity index (χ1) is 9.58. The Hall–Kier alpha value is -1.96. The van der Waals surface area contributed by atoms with E-state index in [0.29, 0.717) is 22.2 Å². The number of hydrogen-bond acceptors (Lipinski definition) is 8. The molecule has 8 heteroatoms. The third-order valence-electron chi connectivity index (χ3n) is 2.29. The van der Waals surface area contributed by atoms with E-state index in [2.05, 4.69) is 30.2 Å². The van der Waals surface area contributed by atoms with Crippen molar-refractivity contribution in [3.05, 3.63) is 18.0 Å². The average molecular weight is 291 g/mol. The van der Waals surface area contributed by atoms with Crippen molar-refractivity contribution in [2.24, 2.45) is 0 Å². The Balaban J connectivity index is 2.30. The zero-order valence-electron chi connectivity index (χ0n) is 12.0. The second kappa shape index (κ2) is 6.47. The van der Waals surface area contributed by atoms with Gasteiger partial charge in [0.2, 0.25) is 17.1 Å².